The minimum atomic E-state index is 0. The predicted octanol–water partition coefficient (Wildman–Crippen LogP) is 2.87. The molecule has 7 heteroatoms. The number of halogens is 1. The number of nitrogens with zero attached hydrogens (tertiary/aromatic N) is 4. The summed E-state index contributed by atoms with van der Waals surface area (Å²) in [4.78, 5) is 7.05. The fourth-order valence-corrected chi connectivity index (χ4v) is 3.96. The van der Waals surface area contributed by atoms with E-state index in [-0.39, 0.29) is 24.0 Å². The molecular weight excluding hydrogens is 451 g/mol. The van der Waals surface area contributed by atoms with Crippen LogP contribution in [0.5, 0.6) is 0 Å². The Labute approximate surface area is 182 Å². The third-order valence-corrected chi connectivity index (χ3v) is 5.63. The van der Waals surface area contributed by atoms with Crippen LogP contribution < -0.4 is 10.6 Å². The van der Waals surface area contributed by atoms with Gasteiger partial charge in [0, 0.05) is 38.4 Å². The van der Waals surface area contributed by atoms with Crippen LogP contribution in [0.1, 0.15) is 50.6 Å². The van der Waals surface area contributed by atoms with E-state index in [0.29, 0.717) is 18.0 Å². The Morgan fingerprint density at radius 2 is 1.81 bits per heavy atom. The molecule has 2 heterocycles. The first-order valence-electron chi connectivity index (χ1n) is 10.0. The smallest absolute Gasteiger partial charge is 0.191 e. The zero-order valence-electron chi connectivity index (χ0n) is 18.2. The van der Waals surface area contributed by atoms with Crippen molar-refractivity contribution in [3.05, 3.63) is 17.0 Å². The Bertz CT molecular complexity index is 604. The van der Waals surface area contributed by atoms with Gasteiger partial charge in [0.05, 0.1) is 5.69 Å². The number of hydrogen-bond acceptors (Lipinski definition) is 3. The molecular formula is C20H39IN6. The molecule has 0 bridgehead atoms. The molecule has 0 aliphatic carbocycles. The van der Waals surface area contributed by atoms with E-state index in [1.807, 2.05) is 18.8 Å². The van der Waals surface area contributed by atoms with Crippen LogP contribution >= 0.6 is 24.0 Å². The molecule has 2 unspecified atom stereocenters. The summed E-state index contributed by atoms with van der Waals surface area (Å²) >= 11 is 0. The highest BCUT2D eigenvalue weighted by molar-refractivity contribution is 14.0. The van der Waals surface area contributed by atoms with Gasteiger partial charge in [0.15, 0.2) is 5.96 Å². The quantitative estimate of drug-likeness (QED) is 0.351. The van der Waals surface area contributed by atoms with Gasteiger partial charge in [-0.05, 0) is 64.6 Å². The van der Waals surface area contributed by atoms with Crippen LogP contribution in [0.2, 0.25) is 0 Å². The number of hydrogen-bond donors (Lipinski definition) is 2. The van der Waals surface area contributed by atoms with Crippen molar-refractivity contribution in [3.63, 3.8) is 0 Å². The maximum atomic E-state index is 4.52. The van der Waals surface area contributed by atoms with Gasteiger partial charge in [0.25, 0.3) is 0 Å². The molecule has 0 saturated carbocycles. The van der Waals surface area contributed by atoms with Crippen molar-refractivity contribution in [1.29, 1.82) is 0 Å². The number of rotatable bonds is 7. The summed E-state index contributed by atoms with van der Waals surface area (Å²) in [6.45, 7) is 14.5. The second-order valence-corrected chi connectivity index (χ2v) is 8.03. The fraction of sp³-hybridized carbons (Fsp3) is 0.800. The average molecular weight is 490 g/mol. The predicted molar refractivity (Wildman–Crippen MR) is 125 cm³/mol. The third kappa shape index (κ3) is 6.62. The van der Waals surface area contributed by atoms with Gasteiger partial charge >= 0.3 is 0 Å². The van der Waals surface area contributed by atoms with Gasteiger partial charge in [0.2, 0.25) is 0 Å². The number of likely N-dealkylation sites (tertiary alicyclic amines) is 1. The molecule has 1 aromatic rings. The molecule has 1 aliphatic rings. The molecule has 1 fully saturated rings. The van der Waals surface area contributed by atoms with Crippen LogP contribution in [-0.4, -0.2) is 59.4 Å². The Hall–Kier alpha value is -0.830. The second kappa shape index (κ2) is 11.2. The number of aryl methyl sites for hydroxylation is 2. The average Bonchev–Trinajstić information content (AvgIpc) is 3.18. The van der Waals surface area contributed by atoms with E-state index in [0.717, 1.165) is 24.6 Å². The Balaban J connectivity index is 0.00000364. The maximum absolute atomic E-state index is 4.52. The summed E-state index contributed by atoms with van der Waals surface area (Å²) in [6, 6.07) is 0.862. The first-order chi connectivity index (χ1) is 12.3. The minimum Gasteiger partial charge on any atom is -0.355 e. The topological polar surface area (TPSA) is 57.5 Å². The van der Waals surface area contributed by atoms with Crippen molar-refractivity contribution < 1.29 is 0 Å². The zero-order chi connectivity index (χ0) is 19.3. The molecule has 0 amide bonds. The lowest BCUT2D eigenvalue weighted by molar-refractivity contribution is 0.192. The normalized spacial score (nSPS) is 17.7. The van der Waals surface area contributed by atoms with Crippen molar-refractivity contribution in [2.45, 2.75) is 66.0 Å². The summed E-state index contributed by atoms with van der Waals surface area (Å²) in [5.74, 6) is 1.53. The molecule has 27 heavy (non-hydrogen) atoms. The highest BCUT2D eigenvalue weighted by Gasteiger charge is 2.24. The van der Waals surface area contributed by atoms with Crippen molar-refractivity contribution in [2.75, 3.05) is 26.7 Å². The lowest BCUT2D eigenvalue weighted by atomic mass is 10.0. The standard InChI is InChI=1S/C20H38N6.HI/c1-14(2)19(26-10-8-9-11-26)13-22-20(21-6)23-15(3)12-18-16(4)24-25(7)17(18)5;/h14-15,19H,8-13H2,1-7H3,(H2,21,22,23);1H. The van der Waals surface area contributed by atoms with Gasteiger partial charge in [0.1, 0.15) is 0 Å². The summed E-state index contributed by atoms with van der Waals surface area (Å²) in [5, 5.41) is 11.6. The van der Waals surface area contributed by atoms with Crippen molar-refractivity contribution >= 4 is 29.9 Å². The SMILES string of the molecule is CN=C(NCC(C(C)C)N1CCCC1)NC(C)Cc1c(C)nn(C)c1C.I. The Morgan fingerprint density at radius 1 is 1.19 bits per heavy atom. The van der Waals surface area contributed by atoms with Gasteiger partial charge in [-0.2, -0.15) is 5.10 Å². The summed E-state index contributed by atoms with van der Waals surface area (Å²) in [5.41, 5.74) is 3.70. The molecule has 156 valence electrons. The first-order valence-corrected chi connectivity index (χ1v) is 10.0. The van der Waals surface area contributed by atoms with E-state index in [1.165, 1.54) is 37.2 Å². The highest BCUT2D eigenvalue weighted by atomic mass is 127. The first kappa shape index (κ1) is 24.2. The molecule has 2 N–H and O–H groups in total. The van der Waals surface area contributed by atoms with Crippen LogP contribution in [0.4, 0.5) is 0 Å². The maximum Gasteiger partial charge on any atom is 0.191 e. The molecule has 6 nitrogen and oxygen atoms in total. The number of aliphatic imine (C=N–C) groups is 1. The van der Waals surface area contributed by atoms with Crippen molar-refractivity contribution in [3.8, 4) is 0 Å². The Morgan fingerprint density at radius 3 is 2.30 bits per heavy atom. The monoisotopic (exact) mass is 490 g/mol. The minimum absolute atomic E-state index is 0. The van der Waals surface area contributed by atoms with Crippen molar-refractivity contribution in [2.24, 2.45) is 18.0 Å². The van der Waals surface area contributed by atoms with Gasteiger partial charge in [-0.3, -0.25) is 14.6 Å². The molecule has 0 spiro atoms. The Kier molecular flexibility index (Phi) is 10.1. The molecule has 0 aromatic carbocycles. The van der Waals surface area contributed by atoms with E-state index in [4.69, 9.17) is 0 Å². The number of aromatic nitrogens is 2. The number of nitrogens with one attached hydrogen (secondary N) is 2. The van der Waals surface area contributed by atoms with Crippen LogP contribution in [0.3, 0.4) is 0 Å². The van der Waals surface area contributed by atoms with Crippen LogP contribution in [-0.2, 0) is 13.5 Å². The van der Waals surface area contributed by atoms with Crippen LogP contribution in [0.15, 0.2) is 4.99 Å². The molecule has 2 atom stereocenters. The second-order valence-electron chi connectivity index (χ2n) is 8.03. The van der Waals surface area contributed by atoms with Gasteiger partial charge < -0.3 is 10.6 Å². The molecule has 1 saturated heterocycles. The van der Waals surface area contributed by atoms with E-state index in [9.17, 15) is 0 Å². The molecule has 2 rings (SSSR count). The number of guanidine groups is 1. The van der Waals surface area contributed by atoms with E-state index in [2.05, 4.69) is 60.2 Å². The molecule has 1 aliphatic heterocycles. The van der Waals surface area contributed by atoms with Crippen LogP contribution in [0.25, 0.3) is 0 Å². The van der Waals surface area contributed by atoms with E-state index >= 15 is 0 Å². The van der Waals surface area contributed by atoms with Gasteiger partial charge in [-0.1, -0.05) is 13.8 Å². The van der Waals surface area contributed by atoms with E-state index < -0.39 is 0 Å². The molecule has 0 radical (unpaired) electrons. The zero-order valence-corrected chi connectivity index (χ0v) is 20.5. The summed E-state index contributed by atoms with van der Waals surface area (Å²) in [7, 11) is 3.86. The van der Waals surface area contributed by atoms with Crippen LogP contribution in [0, 0.1) is 19.8 Å². The lowest BCUT2D eigenvalue weighted by Gasteiger charge is -2.31. The van der Waals surface area contributed by atoms with E-state index in [1.54, 1.807) is 0 Å². The summed E-state index contributed by atoms with van der Waals surface area (Å²) < 4.78 is 1.97. The highest BCUT2D eigenvalue weighted by Crippen LogP contribution is 2.17. The third-order valence-electron chi connectivity index (χ3n) is 5.63. The molecule has 1 aromatic heterocycles. The van der Waals surface area contributed by atoms with Crippen molar-refractivity contribution in [1.82, 2.24) is 25.3 Å². The van der Waals surface area contributed by atoms with Gasteiger partial charge in [-0.25, -0.2) is 0 Å². The summed E-state index contributed by atoms with van der Waals surface area (Å²) in [6.07, 6.45) is 3.61. The largest absolute Gasteiger partial charge is 0.355 e. The van der Waals surface area contributed by atoms with Gasteiger partial charge in [-0.15, -0.1) is 24.0 Å². The fourth-order valence-electron chi connectivity index (χ4n) is 3.96. The lowest BCUT2D eigenvalue weighted by Crippen LogP contribution is -2.50.